The first-order chi connectivity index (χ1) is 10.0. The van der Waals surface area contributed by atoms with E-state index in [0.29, 0.717) is 0 Å². The van der Waals surface area contributed by atoms with Gasteiger partial charge in [0.05, 0.1) is 0 Å². The summed E-state index contributed by atoms with van der Waals surface area (Å²) in [6.07, 6.45) is -15.5. The average Bonchev–Trinajstić information content (AvgIpc) is 2.40. The predicted octanol–water partition coefficient (Wildman–Crippen LogP) is 6.20. The molecule has 0 spiro atoms. The van der Waals surface area contributed by atoms with Crippen molar-refractivity contribution in [2.45, 2.75) is 17.8 Å². The topological polar surface area (TPSA) is 0 Å². The van der Waals surface area contributed by atoms with Crippen LogP contribution in [0.15, 0.2) is 35.5 Å². The van der Waals surface area contributed by atoms with Gasteiger partial charge in [0.2, 0.25) is 11.7 Å². The number of halogens is 14. The van der Waals surface area contributed by atoms with Gasteiger partial charge in [0.15, 0.2) is 11.7 Å². The third kappa shape index (κ3) is 3.44. The standard InChI is InChI=1S/C9F14/c10-1(2(11)5(14)15)3(12)7(18,9(21,22)23)8(19,20)4(13)6(16)17. The van der Waals surface area contributed by atoms with Crippen LogP contribution < -0.4 is 0 Å². The maximum absolute atomic E-state index is 13.4. The summed E-state index contributed by atoms with van der Waals surface area (Å²) in [7, 11) is 0. The Hall–Kier alpha value is -1.76. The minimum atomic E-state index is -7.35. The van der Waals surface area contributed by atoms with Crippen molar-refractivity contribution in [2.75, 3.05) is 0 Å². The molecule has 23 heavy (non-hydrogen) atoms. The summed E-state index contributed by atoms with van der Waals surface area (Å²) in [6.45, 7) is 0. The number of hydrogen-bond donors (Lipinski definition) is 0. The minimum absolute atomic E-state index is 3.82. The predicted molar refractivity (Wildman–Crippen MR) is 44.8 cm³/mol. The van der Waals surface area contributed by atoms with Crippen LogP contribution in [-0.4, -0.2) is 17.8 Å². The molecule has 0 saturated heterocycles. The van der Waals surface area contributed by atoms with Crippen molar-refractivity contribution in [1.29, 1.82) is 0 Å². The van der Waals surface area contributed by atoms with Crippen molar-refractivity contribution in [3.8, 4) is 0 Å². The quantitative estimate of drug-likeness (QED) is 0.406. The maximum Gasteiger partial charge on any atom is 0.435 e. The fourth-order valence-electron chi connectivity index (χ4n) is 1.04. The van der Waals surface area contributed by atoms with Crippen molar-refractivity contribution in [1.82, 2.24) is 0 Å². The zero-order chi connectivity index (χ0) is 19.0. The minimum Gasteiger partial charge on any atom is -0.218 e. The molecular formula is C9F14. The molecule has 0 aromatic carbocycles. The second-order valence-corrected chi connectivity index (χ2v) is 3.51. The lowest BCUT2D eigenvalue weighted by molar-refractivity contribution is -0.286. The van der Waals surface area contributed by atoms with Crippen molar-refractivity contribution in [3.63, 3.8) is 0 Å². The van der Waals surface area contributed by atoms with Gasteiger partial charge in [-0.15, -0.1) is 0 Å². The third-order valence-corrected chi connectivity index (χ3v) is 2.12. The Kier molecular flexibility index (Phi) is 5.90. The first kappa shape index (κ1) is 21.2. The Balaban J connectivity index is 6.81. The summed E-state index contributed by atoms with van der Waals surface area (Å²) in [5.74, 6) is -24.2. The molecule has 0 aliphatic rings. The van der Waals surface area contributed by atoms with Gasteiger partial charge in [-0.3, -0.25) is 0 Å². The molecule has 0 N–H and O–H groups in total. The molecule has 0 saturated carbocycles. The second kappa shape index (κ2) is 6.39. The molecule has 0 aliphatic carbocycles. The Morgan fingerprint density at radius 3 is 1.13 bits per heavy atom. The zero-order valence-corrected chi connectivity index (χ0v) is 9.79. The Labute approximate surface area is 116 Å². The number of alkyl halides is 6. The molecule has 0 aromatic heterocycles. The molecule has 0 aromatic rings. The van der Waals surface area contributed by atoms with Gasteiger partial charge >= 0.3 is 29.9 Å². The van der Waals surface area contributed by atoms with Crippen LogP contribution in [-0.2, 0) is 0 Å². The summed E-state index contributed by atoms with van der Waals surface area (Å²) < 4.78 is 173. The monoisotopic (exact) mass is 374 g/mol. The highest BCUT2D eigenvalue weighted by atomic mass is 19.4. The van der Waals surface area contributed by atoms with E-state index in [2.05, 4.69) is 0 Å². The van der Waals surface area contributed by atoms with Gasteiger partial charge in [-0.1, -0.05) is 0 Å². The van der Waals surface area contributed by atoms with Crippen molar-refractivity contribution < 1.29 is 61.5 Å². The SMILES string of the molecule is FC(F)=C(F)C(F)=C(F)C(F)(C(F)(F)F)C(F)(F)C(F)=C(F)F. The molecule has 1 atom stereocenters. The van der Waals surface area contributed by atoms with E-state index < -0.39 is 53.2 Å². The van der Waals surface area contributed by atoms with Crippen LogP contribution in [0, 0.1) is 0 Å². The van der Waals surface area contributed by atoms with Gasteiger partial charge in [0, 0.05) is 0 Å². The van der Waals surface area contributed by atoms with Crippen LogP contribution in [0.25, 0.3) is 0 Å². The smallest absolute Gasteiger partial charge is 0.218 e. The van der Waals surface area contributed by atoms with E-state index in [1.54, 1.807) is 0 Å². The molecule has 0 nitrogen and oxygen atoms in total. The molecule has 0 amide bonds. The van der Waals surface area contributed by atoms with E-state index in [0.717, 1.165) is 0 Å². The Morgan fingerprint density at radius 2 is 0.870 bits per heavy atom. The van der Waals surface area contributed by atoms with Gasteiger partial charge in [-0.2, -0.15) is 48.3 Å². The third-order valence-electron chi connectivity index (χ3n) is 2.12. The molecule has 0 bridgehead atoms. The lowest BCUT2D eigenvalue weighted by Crippen LogP contribution is -2.56. The first-order valence-electron chi connectivity index (χ1n) is 4.65. The van der Waals surface area contributed by atoms with Crippen LogP contribution in [0.3, 0.4) is 0 Å². The summed E-state index contributed by atoms with van der Waals surface area (Å²) >= 11 is 0. The second-order valence-electron chi connectivity index (χ2n) is 3.51. The van der Waals surface area contributed by atoms with Crippen LogP contribution in [0.2, 0.25) is 0 Å². The van der Waals surface area contributed by atoms with E-state index in [1.807, 2.05) is 0 Å². The summed E-state index contributed by atoms with van der Waals surface area (Å²) in [5, 5.41) is 0. The largest absolute Gasteiger partial charge is 0.435 e. The summed E-state index contributed by atoms with van der Waals surface area (Å²) in [6, 6.07) is 0. The molecule has 0 fully saturated rings. The molecule has 0 aliphatic heterocycles. The summed E-state index contributed by atoms with van der Waals surface area (Å²) in [5.41, 5.74) is -7.23. The lowest BCUT2D eigenvalue weighted by atomic mass is 9.93. The van der Waals surface area contributed by atoms with E-state index in [4.69, 9.17) is 0 Å². The molecule has 0 rings (SSSR count). The van der Waals surface area contributed by atoms with Crippen LogP contribution >= 0.6 is 0 Å². The van der Waals surface area contributed by atoms with E-state index in [1.165, 1.54) is 0 Å². The molecular weight excluding hydrogens is 374 g/mol. The number of rotatable bonds is 4. The van der Waals surface area contributed by atoms with E-state index in [9.17, 15) is 61.5 Å². The molecule has 1 unspecified atom stereocenters. The van der Waals surface area contributed by atoms with Gasteiger partial charge in [0.1, 0.15) is 0 Å². The van der Waals surface area contributed by atoms with Crippen molar-refractivity contribution >= 4 is 0 Å². The highest BCUT2D eigenvalue weighted by Gasteiger charge is 2.77. The molecule has 0 radical (unpaired) electrons. The normalized spacial score (nSPS) is 16.4. The maximum atomic E-state index is 13.4. The average molecular weight is 374 g/mol. The first-order valence-corrected chi connectivity index (χ1v) is 4.65. The van der Waals surface area contributed by atoms with Gasteiger partial charge in [-0.05, 0) is 0 Å². The molecule has 0 heterocycles. The van der Waals surface area contributed by atoms with Crippen LogP contribution in [0.4, 0.5) is 61.5 Å². The molecule has 14 heteroatoms. The Bertz CT molecular complexity index is 555. The van der Waals surface area contributed by atoms with E-state index in [-0.39, 0.29) is 0 Å². The molecule has 134 valence electrons. The number of allylic oxidation sites excluding steroid dienone is 4. The fraction of sp³-hybridized carbons (Fsp3) is 0.333. The van der Waals surface area contributed by atoms with Gasteiger partial charge in [0.25, 0.3) is 0 Å². The van der Waals surface area contributed by atoms with Crippen LogP contribution in [0.5, 0.6) is 0 Å². The van der Waals surface area contributed by atoms with Gasteiger partial charge < -0.3 is 0 Å². The highest BCUT2D eigenvalue weighted by molar-refractivity contribution is 5.35. The van der Waals surface area contributed by atoms with E-state index >= 15 is 0 Å². The number of hydrogen-bond acceptors (Lipinski definition) is 0. The highest BCUT2D eigenvalue weighted by Crippen LogP contribution is 2.55. The Morgan fingerprint density at radius 1 is 0.478 bits per heavy atom. The van der Waals surface area contributed by atoms with Crippen molar-refractivity contribution in [3.05, 3.63) is 35.5 Å². The fourth-order valence-corrected chi connectivity index (χ4v) is 1.04. The van der Waals surface area contributed by atoms with Gasteiger partial charge in [-0.25, -0.2) is 13.2 Å². The zero-order valence-electron chi connectivity index (χ0n) is 9.79. The summed E-state index contributed by atoms with van der Waals surface area (Å²) in [4.78, 5) is 0. The lowest BCUT2D eigenvalue weighted by Gasteiger charge is -2.32. The van der Waals surface area contributed by atoms with Crippen molar-refractivity contribution in [2.24, 2.45) is 0 Å². The van der Waals surface area contributed by atoms with Crippen LogP contribution in [0.1, 0.15) is 0 Å².